The average Bonchev–Trinajstić information content (AvgIpc) is 2.50. The van der Waals surface area contributed by atoms with Crippen LogP contribution in [-0.2, 0) is 0 Å². The quantitative estimate of drug-likeness (QED) is 0.634. The monoisotopic (exact) mass is 168 g/mol. The van der Waals surface area contributed by atoms with E-state index >= 15 is 0 Å². The number of hydrogen-bond donors (Lipinski definition) is 0. The Hall–Kier alpha value is -0.630. The maximum atomic E-state index is 10.3. The molecule has 0 spiro atoms. The predicted octanol–water partition coefficient (Wildman–Crippen LogP) is 3.07. The van der Waals surface area contributed by atoms with Gasteiger partial charge in [0.15, 0.2) is 6.29 Å². The Kier molecular flexibility index (Phi) is 2.83. The molecule has 2 heteroatoms. The topological polar surface area (TPSA) is 17.1 Å². The summed E-state index contributed by atoms with van der Waals surface area (Å²) >= 11 is 1.60. The van der Waals surface area contributed by atoms with Gasteiger partial charge in [-0.2, -0.15) is 0 Å². The molecular weight excluding hydrogens is 156 g/mol. The molecule has 1 nitrogen and oxygen atoms in total. The van der Waals surface area contributed by atoms with Gasteiger partial charge in [-0.3, -0.25) is 4.79 Å². The fraction of sp³-hybridized carbons (Fsp3) is 0.444. The summed E-state index contributed by atoms with van der Waals surface area (Å²) in [5, 5.41) is 0. The normalized spacial score (nSPS) is 12.9. The van der Waals surface area contributed by atoms with Gasteiger partial charge in [0.2, 0.25) is 0 Å². The zero-order valence-electron chi connectivity index (χ0n) is 6.83. The molecule has 0 saturated heterocycles. The van der Waals surface area contributed by atoms with Gasteiger partial charge in [-0.15, -0.1) is 11.3 Å². The molecule has 0 aliphatic rings. The van der Waals surface area contributed by atoms with Crippen LogP contribution in [0.3, 0.4) is 0 Å². The summed E-state index contributed by atoms with van der Waals surface area (Å²) in [5.74, 6) is 0.591. The zero-order valence-corrected chi connectivity index (χ0v) is 7.65. The maximum Gasteiger partial charge on any atom is 0.160 e. The minimum atomic E-state index is 0.591. The van der Waals surface area contributed by atoms with Gasteiger partial charge in [-0.25, -0.2) is 0 Å². The van der Waals surface area contributed by atoms with Crippen molar-refractivity contribution in [1.29, 1.82) is 0 Å². The van der Waals surface area contributed by atoms with Crippen molar-refractivity contribution in [1.82, 2.24) is 0 Å². The number of carbonyl (C=O) groups excluding carboxylic acids is 1. The maximum absolute atomic E-state index is 10.3. The third-order valence-electron chi connectivity index (χ3n) is 1.86. The molecule has 0 amide bonds. The van der Waals surface area contributed by atoms with E-state index in [9.17, 15) is 4.79 Å². The lowest BCUT2D eigenvalue weighted by atomic mass is 10.1. The molecule has 0 aromatic carbocycles. The molecule has 1 aromatic heterocycles. The van der Waals surface area contributed by atoms with Crippen LogP contribution in [0.5, 0.6) is 0 Å². The zero-order chi connectivity index (χ0) is 8.27. The Balaban J connectivity index is 2.79. The van der Waals surface area contributed by atoms with Crippen LogP contribution in [0.1, 0.15) is 40.7 Å². The number of carbonyl (C=O) groups is 1. The third-order valence-corrected chi connectivity index (χ3v) is 3.10. The first kappa shape index (κ1) is 8.47. The molecule has 1 unspecified atom stereocenters. The molecule has 60 valence electrons. The molecule has 0 aliphatic heterocycles. The highest BCUT2D eigenvalue weighted by Gasteiger charge is 2.05. The second-order valence-corrected chi connectivity index (χ2v) is 3.81. The van der Waals surface area contributed by atoms with Crippen molar-refractivity contribution < 1.29 is 4.79 Å². The summed E-state index contributed by atoms with van der Waals surface area (Å²) in [6.45, 7) is 4.34. The van der Waals surface area contributed by atoms with Crippen LogP contribution in [0.25, 0.3) is 0 Å². The lowest BCUT2D eigenvalue weighted by Crippen LogP contribution is -1.84. The average molecular weight is 168 g/mol. The summed E-state index contributed by atoms with van der Waals surface area (Å²) in [6, 6.07) is 3.93. The van der Waals surface area contributed by atoms with Crippen molar-refractivity contribution in [2.75, 3.05) is 0 Å². The van der Waals surface area contributed by atoms with E-state index in [4.69, 9.17) is 0 Å². The van der Waals surface area contributed by atoms with E-state index in [2.05, 4.69) is 13.8 Å². The molecule has 0 radical (unpaired) electrons. The van der Waals surface area contributed by atoms with Crippen LogP contribution >= 0.6 is 11.3 Å². The van der Waals surface area contributed by atoms with Crippen molar-refractivity contribution in [3.05, 3.63) is 21.9 Å². The molecule has 11 heavy (non-hydrogen) atoms. The Morgan fingerprint density at radius 3 is 2.82 bits per heavy atom. The summed E-state index contributed by atoms with van der Waals surface area (Å²) < 4.78 is 0. The van der Waals surface area contributed by atoms with Crippen molar-refractivity contribution in [3.8, 4) is 0 Å². The Labute approximate surface area is 71.1 Å². The highest BCUT2D eigenvalue weighted by Crippen LogP contribution is 2.25. The van der Waals surface area contributed by atoms with E-state index in [0.29, 0.717) is 5.92 Å². The van der Waals surface area contributed by atoms with Crippen molar-refractivity contribution >= 4 is 17.6 Å². The molecule has 0 saturated carbocycles. The predicted molar refractivity (Wildman–Crippen MR) is 48.4 cm³/mol. The first-order chi connectivity index (χ1) is 5.27. The fourth-order valence-corrected chi connectivity index (χ4v) is 1.86. The molecule has 0 N–H and O–H groups in total. The fourth-order valence-electron chi connectivity index (χ4n) is 0.898. The van der Waals surface area contributed by atoms with Crippen LogP contribution in [0.4, 0.5) is 0 Å². The smallest absolute Gasteiger partial charge is 0.160 e. The van der Waals surface area contributed by atoms with E-state index in [-0.39, 0.29) is 0 Å². The van der Waals surface area contributed by atoms with Gasteiger partial charge < -0.3 is 0 Å². The number of aldehydes is 1. The molecule has 0 aliphatic carbocycles. The van der Waals surface area contributed by atoms with Crippen molar-refractivity contribution in [3.63, 3.8) is 0 Å². The van der Waals surface area contributed by atoms with Crippen molar-refractivity contribution in [2.24, 2.45) is 0 Å². The van der Waals surface area contributed by atoms with Gasteiger partial charge in [-0.1, -0.05) is 13.8 Å². The Morgan fingerprint density at radius 1 is 1.64 bits per heavy atom. The van der Waals surface area contributed by atoms with Crippen LogP contribution in [-0.4, -0.2) is 6.29 Å². The van der Waals surface area contributed by atoms with Crippen LogP contribution in [0.2, 0.25) is 0 Å². The third kappa shape index (κ3) is 1.90. The molecule has 0 bridgehead atoms. The van der Waals surface area contributed by atoms with E-state index in [1.165, 1.54) is 4.88 Å². The molecule has 1 rings (SSSR count). The number of hydrogen-bond acceptors (Lipinski definition) is 2. The summed E-state index contributed by atoms with van der Waals surface area (Å²) in [6.07, 6.45) is 2.05. The SMILES string of the molecule is CCC(C)c1ccc(C=O)s1. The standard InChI is InChI=1S/C9H12OS/c1-3-7(2)9-5-4-8(6-10)11-9/h4-7H,3H2,1-2H3. The molecule has 1 heterocycles. The second-order valence-electron chi connectivity index (χ2n) is 2.67. The molecular formula is C9H12OS. The molecule has 1 atom stereocenters. The molecule has 0 fully saturated rings. The van der Waals surface area contributed by atoms with Gasteiger partial charge in [0.25, 0.3) is 0 Å². The first-order valence-electron chi connectivity index (χ1n) is 3.82. The van der Waals surface area contributed by atoms with E-state index in [1.54, 1.807) is 11.3 Å². The number of thiophene rings is 1. The summed E-state index contributed by atoms with van der Waals surface area (Å²) in [4.78, 5) is 12.5. The van der Waals surface area contributed by atoms with E-state index < -0.39 is 0 Å². The Morgan fingerprint density at radius 2 is 2.36 bits per heavy atom. The van der Waals surface area contributed by atoms with Crippen molar-refractivity contribution in [2.45, 2.75) is 26.2 Å². The lowest BCUT2D eigenvalue weighted by Gasteiger charge is -2.02. The lowest BCUT2D eigenvalue weighted by molar-refractivity contribution is 0.112. The van der Waals surface area contributed by atoms with Gasteiger partial charge in [0.1, 0.15) is 0 Å². The summed E-state index contributed by atoms with van der Waals surface area (Å²) in [7, 11) is 0. The van der Waals surface area contributed by atoms with Gasteiger partial charge in [-0.05, 0) is 24.5 Å². The minimum absolute atomic E-state index is 0.591. The highest BCUT2D eigenvalue weighted by atomic mass is 32.1. The minimum Gasteiger partial charge on any atom is -0.297 e. The largest absolute Gasteiger partial charge is 0.297 e. The highest BCUT2D eigenvalue weighted by molar-refractivity contribution is 7.13. The summed E-state index contributed by atoms with van der Waals surface area (Å²) in [5.41, 5.74) is 0. The van der Waals surface area contributed by atoms with Crippen LogP contribution in [0.15, 0.2) is 12.1 Å². The van der Waals surface area contributed by atoms with Crippen LogP contribution in [0, 0.1) is 0 Å². The first-order valence-corrected chi connectivity index (χ1v) is 4.64. The van der Waals surface area contributed by atoms with Crippen LogP contribution < -0.4 is 0 Å². The molecule has 1 aromatic rings. The second kappa shape index (κ2) is 3.67. The van der Waals surface area contributed by atoms with Gasteiger partial charge >= 0.3 is 0 Å². The van der Waals surface area contributed by atoms with Gasteiger partial charge in [0, 0.05) is 4.88 Å². The number of rotatable bonds is 3. The Bertz CT molecular complexity index is 239. The van der Waals surface area contributed by atoms with E-state index in [0.717, 1.165) is 17.6 Å². The van der Waals surface area contributed by atoms with E-state index in [1.807, 2.05) is 12.1 Å². The van der Waals surface area contributed by atoms with Gasteiger partial charge in [0.05, 0.1) is 4.88 Å².